The lowest BCUT2D eigenvalue weighted by Gasteiger charge is -2.17. The second-order valence-corrected chi connectivity index (χ2v) is 7.03. The molecule has 26 heavy (non-hydrogen) atoms. The van der Waals surface area contributed by atoms with Crippen molar-refractivity contribution < 1.29 is 4.79 Å². The third-order valence-electron chi connectivity index (χ3n) is 4.65. The summed E-state index contributed by atoms with van der Waals surface area (Å²) in [6.45, 7) is 8.25. The average molecular weight is 347 g/mol. The van der Waals surface area contributed by atoms with E-state index in [0.29, 0.717) is 11.6 Å². The Hall–Kier alpha value is -2.88. The van der Waals surface area contributed by atoms with Crippen molar-refractivity contribution in [1.29, 1.82) is 0 Å². The van der Waals surface area contributed by atoms with E-state index in [9.17, 15) is 4.79 Å². The molecule has 0 spiro atoms. The van der Waals surface area contributed by atoms with Crippen LogP contribution in [0.3, 0.4) is 0 Å². The first-order valence-electron chi connectivity index (χ1n) is 8.99. The lowest BCUT2D eigenvalue weighted by atomic mass is 10.1. The van der Waals surface area contributed by atoms with Gasteiger partial charge in [-0.3, -0.25) is 4.79 Å². The molecule has 0 aliphatic heterocycles. The van der Waals surface area contributed by atoms with E-state index in [0.717, 1.165) is 16.9 Å². The molecule has 134 valence electrons. The summed E-state index contributed by atoms with van der Waals surface area (Å²) < 4.78 is 1.73. The second kappa shape index (κ2) is 7.56. The summed E-state index contributed by atoms with van der Waals surface area (Å²) in [4.78, 5) is 12.9. The summed E-state index contributed by atoms with van der Waals surface area (Å²) in [6.07, 6.45) is 0. The Kier molecular flexibility index (Phi) is 5.21. The van der Waals surface area contributed by atoms with E-state index in [4.69, 9.17) is 5.10 Å². The van der Waals surface area contributed by atoms with Crippen LogP contribution in [0.2, 0.25) is 0 Å². The standard InChI is InChI=1S/C22H25N3O/c1-15(2)17(4)23-22(26)21-14-20(18-8-6-5-7-9-18)24-25(21)19-12-10-16(3)11-13-19/h5-15,17H,1-4H3,(H,23,26). The maximum Gasteiger partial charge on any atom is 0.270 e. The van der Waals surface area contributed by atoms with Crippen LogP contribution in [0, 0.1) is 12.8 Å². The molecule has 0 aliphatic carbocycles. The predicted octanol–water partition coefficient (Wildman–Crippen LogP) is 4.62. The molecule has 1 heterocycles. The summed E-state index contributed by atoms with van der Waals surface area (Å²) in [5.41, 5.74) is 4.36. The largest absolute Gasteiger partial charge is 0.348 e. The van der Waals surface area contributed by atoms with Crippen LogP contribution in [0.4, 0.5) is 0 Å². The van der Waals surface area contributed by atoms with E-state index in [1.165, 1.54) is 5.56 Å². The number of rotatable bonds is 5. The van der Waals surface area contributed by atoms with Gasteiger partial charge in [-0.05, 0) is 38.0 Å². The Morgan fingerprint density at radius 1 is 1.00 bits per heavy atom. The van der Waals surface area contributed by atoms with Gasteiger partial charge in [0.2, 0.25) is 0 Å². The predicted molar refractivity (Wildman–Crippen MR) is 106 cm³/mol. The first-order chi connectivity index (χ1) is 12.5. The van der Waals surface area contributed by atoms with E-state index in [1.54, 1.807) is 4.68 Å². The fourth-order valence-corrected chi connectivity index (χ4v) is 2.62. The molecular weight excluding hydrogens is 322 g/mol. The molecule has 0 bridgehead atoms. The number of benzene rings is 2. The summed E-state index contributed by atoms with van der Waals surface area (Å²) in [6, 6.07) is 19.9. The normalized spacial score (nSPS) is 12.2. The summed E-state index contributed by atoms with van der Waals surface area (Å²) in [5.74, 6) is 0.254. The molecule has 0 saturated carbocycles. The van der Waals surface area contributed by atoms with Crippen LogP contribution in [-0.2, 0) is 0 Å². The summed E-state index contributed by atoms with van der Waals surface area (Å²) in [5, 5.41) is 7.79. The maximum atomic E-state index is 12.9. The monoisotopic (exact) mass is 347 g/mol. The van der Waals surface area contributed by atoms with Crippen molar-refractivity contribution in [2.75, 3.05) is 0 Å². The molecule has 2 aromatic carbocycles. The fourth-order valence-electron chi connectivity index (χ4n) is 2.62. The zero-order valence-corrected chi connectivity index (χ0v) is 15.7. The number of nitrogens with one attached hydrogen (secondary N) is 1. The van der Waals surface area contributed by atoms with Crippen LogP contribution in [0.1, 0.15) is 36.8 Å². The highest BCUT2D eigenvalue weighted by molar-refractivity contribution is 5.94. The van der Waals surface area contributed by atoms with E-state index in [1.807, 2.05) is 74.5 Å². The van der Waals surface area contributed by atoms with E-state index in [2.05, 4.69) is 19.2 Å². The highest BCUT2D eigenvalue weighted by atomic mass is 16.2. The third-order valence-corrected chi connectivity index (χ3v) is 4.65. The lowest BCUT2D eigenvalue weighted by molar-refractivity contribution is 0.0922. The lowest BCUT2D eigenvalue weighted by Crippen LogP contribution is -2.37. The molecule has 3 rings (SSSR count). The van der Waals surface area contributed by atoms with Gasteiger partial charge in [0, 0.05) is 11.6 Å². The third kappa shape index (κ3) is 3.85. The van der Waals surface area contributed by atoms with Crippen molar-refractivity contribution in [3.8, 4) is 16.9 Å². The van der Waals surface area contributed by atoms with Crippen molar-refractivity contribution in [2.45, 2.75) is 33.7 Å². The van der Waals surface area contributed by atoms with Gasteiger partial charge in [0.25, 0.3) is 5.91 Å². The van der Waals surface area contributed by atoms with Gasteiger partial charge in [-0.15, -0.1) is 0 Å². The van der Waals surface area contributed by atoms with Crippen LogP contribution >= 0.6 is 0 Å². The molecule has 1 amide bonds. The number of carbonyl (C=O) groups excluding carboxylic acids is 1. The molecule has 1 unspecified atom stereocenters. The number of aromatic nitrogens is 2. The highest BCUT2D eigenvalue weighted by Crippen LogP contribution is 2.22. The first-order valence-corrected chi connectivity index (χ1v) is 8.99. The SMILES string of the molecule is Cc1ccc(-n2nc(-c3ccccc3)cc2C(=O)NC(C)C(C)C)cc1. The maximum absolute atomic E-state index is 12.9. The fraction of sp³-hybridized carbons (Fsp3) is 0.273. The molecule has 1 N–H and O–H groups in total. The molecule has 0 aliphatic rings. The number of aryl methyl sites for hydroxylation is 1. The average Bonchev–Trinajstić information content (AvgIpc) is 3.08. The molecule has 1 atom stereocenters. The number of amides is 1. The van der Waals surface area contributed by atoms with Gasteiger partial charge in [-0.25, -0.2) is 4.68 Å². The molecule has 1 aromatic heterocycles. The van der Waals surface area contributed by atoms with E-state index >= 15 is 0 Å². The Bertz CT molecular complexity index is 880. The van der Waals surface area contributed by atoms with Crippen LogP contribution in [0.15, 0.2) is 60.7 Å². The smallest absolute Gasteiger partial charge is 0.270 e. The van der Waals surface area contributed by atoms with Crippen LogP contribution < -0.4 is 5.32 Å². The molecule has 0 saturated heterocycles. The molecule has 0 fully saturated rings. The van der Waals surface area contributed by atoms with Crippen LogP contribution in [0.25, 0.3) is 16.9 Å². The number of hydrogen-bond donors (Lipinski definition) is 1. The van der Waals surface area contributed by atoms with Crippen molar-refractivity contribution in [2.24, 2.45) is 5.92 Å². The van der Waals surface area contributed by atoms with Gasteiger partial charge in [-0.1, -0.05) is 61.9 Å². The Morgan fingerprint density at radius 2 is 1.65 bits per heavy atom. The molecular formula is C22H25N3O. The number of hydrogen-bond acceptors (Lipinski definition) is 2. The van der Waals surface area contributed by atoms with Gasteiger partial charge < -0.3 is 5.32 Å². The van der Waals surface area contributed by atoms with Crippen molar-refractivity contribution in [3.05, 3.63) is 71.9 Å². The molecule has 4 heteroatoms. The molecule has 3 aromatic rings. The minimum atomic E-state index is -0.110. The van der Waals surface area contributed by atoms with E-state index in [-0.39, 0.29) is 11.9 Å². The van der Waals surface area contributed by atoms with Crippen molar-refractivity contribution in [3.63, 3.8) is 0 Å². The minimum absolute atomic E-state index is 0.0871. The van der Waals surface area contributed by atoms with Crippen molar-refractivity contribution in [1.82, 2.24) is 15.1 Å². The zero-order chi connectivity index (χ0) is 18.7. The van der Waals surface area contributed by atoms with Crippen molar-refractivity contribution >= 4 is 5.91 Å². The zero-order valence-electron chi connectivity index (χ0n) is 15.7. The minimum Gasteiger partial charge on any atom is -0.348 e. The first kappa shape index (κ1) is 17.9. The van der Waals surface area contributed by atoms with Gasteiger partial charge >= 0.3 is 0 Å². The molecule has 4 nitrogen and oxygen atoms in total. The van der Waals surface area contributed by atoms with Gasteiger partial charge in [-0.2, -0.15) is 5.10 Å². The highest BCUT2D eigenvalue weighted by Gasteiger charge is 2.20. The Morgan fingerprint density at radius 3 is 2.27 bits per heavy atom. The van der Waals surface area contributed by atoms with Gasteiger partial charge in [0.05, 0.1) is 11.4 Å². The number of carbonyl (C=O) groups is 1. The number of nitrogens with zero attached hydrogens (tertiary/aromatic N) is 2. The van der Waals surface area contributed by atoms with Gasteiger partial charge in [0.1, 0.15) is 5.69 Å². The van der Waals surface area contributed by atoms with E-state index < -0.39 is 0 Å². The molecule has 0 radical (unpaired) electrons. The quantitative estimate of drug-likeness (QED) is 0.732. The summed E-state index contributed by atoms with van der Waals surface area (Å²) in [7, 11) is 0. The van der Waals surface area contributed by atoms with Crippen LogP contribution in [0.5, 0.6) is 0 Å². The Balaban J connectivity index is 2.04. The second-order valence-electron chi connectivity index (χ2n) is 7.03. The Labute approximate surface area is 154 Å². The van der Waals surface area contributed by atoms with Crippen LogP contribution in [-0.4, -0.2) is 21.7 Å². The van der Waals surface area contributed by atoms with Gasteiger partial charge in [0.15, 0.2) is 0 Å². The topological polar surface area (TPSA) is 46.9 Å². The summed E-state index contributed by atoms with van der Waals surface area (Å²) >= 11 is 0.